The van der Waals surface area contributed by atoms with Gasteiger partial charge in [0.15, 0.2) is 0 Å². The molecule has 2 atom stereocenters. The minimum Gasteiger partial charge on any atom is -0.382 e. The van der Waals surface area contributed by atoms with E-state index in [-0.39, 0.29) is 5.60 Å². The fourth-order valence-electron chi connectivity index (χ4n) is 2.42. The molecule has 1 N–H and O–H groups in total. The van der Waals surface area contributed by atoms with Crippen molar-refractivity contribution in [1.82, 2.24) is 0 Å². The molecule has 0 spiro atoms. The molecule has 1 aromatic rings. The zero-order chi connectivity index (χ0) is 13.2. The van der Waals surface area contributed by atoms with Gasteiger partial charge in [-0.1, -0.05) is 24.6 Å². The summed E-state index contributed by atoms with van der Waals surface area (Å²) in [7, 11) is 0. The van der Waals surface area contributed by atoms with Crippen molar-refractivity contribution in [1.29, 1.82) is 0 Å². The number of ether oxygens (including phenoxy) is 1. The summed E-state index contributed by atoms with van der Waals surface area (Å²) >= 11 is 6.15. The van der Waals surface area contributed by atoms with Crippen LogP contribution in [0.15, 0.2) is 18.2 Å². The van der Waals surface area contributed by atoms with Crippen molar-refractivity contribution in [2.24, 2.45) is 0 Å². The topological polar surface area (TPSA) is 21.3 Å². The molecule has 18 heavy (non-hydrogen) atoms. The van der Waals surface area contributed by atoms with Gasteiger partial charge in [-0.25, -0.2) is 0 Å². The van der Waals surface area contributed by atoms with Crippen LogP contribution in [0, 0.1) is 6.92 Å². The van der Waals surface area contributed by atoms with Gasteiger partial charge in [0, 0.05) is 23.4 Å². The molecule has 1 aliphatic rings. The second kappa shape index (κ2) is 5.50. The van der Waals surface area contributed by atoms with E-state index in [0.29, 0.717) is 6.04 Å². The van der Waals surface area contributed by atoms with Crippen molar-refractivity contribution in [2.75, 3.05) is 11.9 Å². The van der Waals surface area contributed by atoms with E-state index in [2.05, 4.69) is 31.3 Å². The highest BCUT2D eigenvalue weighted by molar-refractivity contribution is 6.31. The summed E-state index contributed by atoms with van der Waals surface area (Å²) in [5.41, 5.74) is 2.24. The Morgan fingerprint density at radius 1 is 1.50 bits per heavy atom. The molecule has 3 heteroatoms. The van der Waals surface area contributed by atoms with Gasteiger partial charge >= 0.3 is 0 Å². The number of hydrogen-bond donors (Lipinski definition) is 1. The summed E-state index contributed by atoms with van der Waals surface area (Å²) in [4.78, 5) is 0. The maximum absolute atomic E-state index is 6.15. The lowest BCUT2D eigenvalue weighted by Crippen LogP contribution is -2.41. The van der Waals surface area contributed by atoms with Crippen molar-refractivity contribution in [3.63, 3.8) is 0 Å². The third-order valence-corrected chi connectivity index (χ3v) is 4.29. The van der Waals surface area contributed by atoms with Gasteiger partial charge in [0.1, 0.15) is 0 Å². The lowest BCUT2D eigenvalue weighted by molar-refractivity contribution is -0.0708. The second-order valence-electron chi connectivity index (χ2n) is 5.45. The van der Waals surface area contributed by atoms with Crippen LogP contribution in [-0.2, 0) is 4.74 Å². The highest BCUT2D eigenvalue weighted by Crippen LogP contribution is 2.30. The highest BCUT2D eigenvalue weighted by Gasteiger charge is 2.31. The van der Waals surface area contributed by atoms with Gasteiger partial charge in [0.2, 0.25) is 0 Å². The first-order valence-electron chi connectivity index (χ1n) is 6.69. The molecule has 2 rings (SSSR count). The van der Waals surface area contributed by atoms with E-state index in [1.807, 2.05) is 13.0 Å². The van der Waals surface area contributed by atoms with Gasteiger partial charge in [0.05, 0.1) is 5.60 Å². The van der Waals surface area contributed by atoms with Crippen LogP contribution >= 0.6 is 11.6 Å². The number of aryl methyl sites for hydroxylation is 1. The molecule has 1 saturated heterocycles. The summed E-state index contributed by atoms with van der Waals surface area (Å²) < 4.78 is 5.86. The summed E-state index contributed by atoms with van der Waals surface area (Å²) in [6.45, 7) is 7.24. The molecular formula is C15H22ClNO. The van der Waals surface area contributed by atoms with Crippen LogP contribution in [0.5, 0.6) is 0 Å². The van der Waals surface area contributed by atoms with Crippen LogP contribution in [0.4, 0.5) is 5.69 Å². The van der Waals surface area contributed by atoms with Crippen LogP contribution < -0.4 is 5.32 Å². The van der Waals surface area contributed by atoms with E-state index < -0.39 is 0 Å². The van der Waals surface area contributed by atoms with Crippen molar-refractivity contribution >= 4 is 17.3 Å². The first-order valence-corrected chi connectivity index (χ1v) is 7.07. The third kappa shape index (κ3) is 3.18. The smallest absolute Gasteiger partial charge is 0.0671 e. The number of hydrogen-bond acceptors (Lipinski definition) is 2. The normalized spacial score (nSPS) is 28.1. The molecule has 100 valence electrons. The summed E-state index contributed by atoms with van der Waals surface area (Å²) in [6.07, 6.45) is 3.16. The lowest BCUT2D eigenvalue weighted by atomic mass is 9.90. The first kappa shape index (κ1) is 13.7. The molecule has 0 bridgehead atoms. The zero-order valence-electron chi connectivity index (χ0n) is 11.4. The lowest BCUT2D eigenvalue weighted by Gasteiger charge is -2.38. The fraction of sp³-hybridized carbons (Fsp3) is 0.600. The van der Waals surface area contributed by atoms with Gasteiger partial charge in [-0.15, -0.1) is 0 Å². The van der Waals surface area contributed by atoms with E-state index in [4.69, 9.17) is 16.3 Å². The first-order chi connectivity index (χ1) is 8.52. The Balaban J connectivity index is 2.02. The van der Waals surface area contributed by atoms with E-state index in [9.17, 15) is 0 Å². The molecule has 2 nitrogen and oxygen atoms in total. The number of benzene rings is 1. The molecule has 1 aromatic carbocycles. The Morgan fingerprint density at radius 3 is 2.94 bits per heavy atom. The molecule has 0 saturated carbocycles. The predicted octanol–water partition coefficient (Wildman–Crippen LogP) is 4.41. The van der Waals surface area contributed by atoms with Gasteiger partial charge in [-0.05, 0) is 50.8 Å². The molecule has 0 aliphatic carbocycles. The van der Waals surface area contributed by atoms with Crippen LogP contribution in [-0.4, -0.2) is 18.2 Å². The van der Waals surface area contributed by atoms with Crippen LogP contribution in [0.1, 0.15) is 38.7 Å². The monoisotopic (exact) mass is 267 g/mol. The average molecular weight is 268 g/mol. The Bertz CT molecular complexity index is 421. The Hall–Kier alpha value is -0.730. The number of anilines is 1. The molecule has 1 heterocycles. The van der Waals surface area contributed by atoms with Crippen LogP contribution in [0.2, 0.25) is 5.02 Å². The van der Waals surface area contributed by atoms with Gasteiger partial charge in [-0.2, -0.15) is 0 Å². The number of nitrogens with one attached hydrogen (secondary N) is 1. The molecule has 2 unspecified atom stereocenters. The molecule has 0 radical (unpaired) electrons. The van der Waals surface area contributed by atoms with Gasteiger partial charge in [0.25, 0.3) is 0 Å². The Morgan fingerprint density at radius 2 is 2.28 bits per heavy atom. The third-order valence-electron chi connectivity index (χ3n) is 3.89. The standard InChI is InChI=1S/C15H22ClNO/c1-4-15(3)10-13(7-8-18-15)17-12-6-5-11(2)14(16)9-12/h5-6,9,13,17H,4,7-8,10H2,1-3H3. The quantitative estimate of drug-likeness (QED) is 0.876. The number of halogens is 1. The summed E-state index contributed by atoms with van der Waals surface area (Å²) in [5, 5.41) is 4.40. The van der Waals surface area contributed by atoms with Crippen LogP contribution in [0.3, 0.4) is 0 Å². The van der Waals surface area contributed by atoms with Crippen LogP contribution in [0.25, 0.3) is 0 Å². The largest absolute Gasteiger partial charge is 0.382 e. The Labute approximate surface area is 115 Å². The minimum atomic E-state index is 0.0183. The van der Waals surface area contributed by atoms with Crippen molar-refractivity contribution in [3.8, 4) is 0 Å². The highest BCUT2D eigenvalue weighted by atomic mass is 35.5. The van der Waals surface area contributed by atoms with Crippen molar-refractivity contribution < 1.29 is 4.74 Å². The zero-order valence-corrected chi connectivity index (χ0v) is 12.2. The Kier molecular flexibility index (Phi) is 4.18. The maximum atomic E-state index is 6.15. The molecule has 1 aliphatic heterocycles. The fourth-order valence-corrected chi connectivity index (χ4v) is 2.60. The molecule has 0 aromatic heterocycles. The SMILES string of the molecule is CCC1(C)CC(Nc2ccc(C)c(Cl)c2)CCO1. The molecular weight excluding hydrogens is 246 g/mol. The second-order valence-corrected chi connectivity index (χ2v) is 5.86. The van der Waals surface area contributed by atoms with E-state index in [1.165, 1.54) is 0 Å². The summed E-state index contributed by atoms with van der Waals surface area (Å²) in [5.74, 6) is 0. The number of rotatable bonds is 3. The van der Waals surface area contributed by atoms with E-state index >= 15 is 0 Å². The molecule has 1 fully saturated rings. The summed E-state index contributed by atoms with van der Waals surface area (Å²) in [6, 6.07) is 6.64. The van der Waals surface area contributed by atoms with Crippen molar-refractivity contribution in [2.45, 2.75) is 51.7 Å². The minimum absolute atomic E-state index is 0.0183. The van der Waals surface area contributed by atoms with E-state index in [0.717, 1.165) is 42.1 Å². The average Bonchev–Trinajstić information content (AvgIpc) is 2.34. The van der Waals surface area contributed by atoms with Gasteiger partial charge in [-0.3, -0.25) is 0 Å². The maximum Gasteiger partial charge on any atom is 0.0671 e. The van der Waals surface area contributed by atoms with Gasteiger partial charge < -0.3 is 10.1 Å². The van der Waals surface area contributed by atoms with Crippen molar-refractivity contribution in [3.05, 3.63) is 28.8 Å². The van der Waals surface area contributed by atoms with E-state index in [1.54, 1.807) is 0 Å². The predicted molar refractivity (Wildman–Crippen MR) is 77.5 cm³/mol. The molecule has 0 amide bonds.